The molecule has 0 radical (unpaired) electrons. The molecule has 1 aromatic carbocycles. The molecule has 0 aromatic heterocycles. The Balaban J connectivity index is 1.65. The molecule has 1 aliphatic carbocycles. The van der Waals surface area contributed by atoms with E-state index in [1.165, 1.54) is 37.9 Å². The molecule has 2 aliphatic rings. The summed E-state index contributed by atoms with van der Waals surface area (Å²) in [5.41, 5.74) is 8.00. The van der Waals surface area contributed by atoms with Gasteiger partial charge in [0.05, 0.1) is 0 Å². The molecule has 2 unspecified atom stereocenters. The van der Waals surface area contributed by atoms with Crippen LogP contribution in [0.2, 0.25) is 0 Å². The zero-order valence-corrected chi connectivity index (χ0v) is 11.6. The lowest BCUT2D eigenvalue weighted by Gasteiger charge is -2.17. The molecule has 3 heteroatoms. The lowest BCUT2D eigenvalue weighted by Crippen LogP contribution is -2.21. The smallest absolute Gasteiger partial charge is 0.0458 e. The summed E-state index contributed by atoms with van der Waals surface area (Å²) in [5.74, 6) is 1.96. The predicted molar refractivity (Wildman–Crippen MR) is 74.7 cm³/mol. The summed E-state index contributed by atoms with van der Waals surface area (Å²) in [6.07, 6.45) is 4.36. The van der Waals surface area contributed by atoms with Gasteiger partial charge in [0.15, 0.2) is 0 Å². The highest BCUT2D eigenvalue weighted by atomic mass is 79.9. The van der Waals surface area contributed by atoms with Crippen molar-refractivity contribution in [3.63, 3.8) is 0 Å². The fraction of sp³-hybridized carbons (Fsp3) is 0.571. The highest BCUT2D eigenvalue weighted by Gasteiger charge is 2.35. The van der Waals surface area contributed by atoms with Gasteiger partial charge in [0.2, 0.25) is 0 Å². The Morgan fingerprint density at radius 3 is 2.59 bits per heavy atom. The van der Waals surface area contributed by atoms with Crippen molar-refractivity contribution in [3.05, 3.63) is 28.2 Å². The summed E-state index contributed by atoms with van der Waals surface area (Å²) in [6.45, 7) is 3.67. The van der Waals surface area contributed by atoms with Crippen molar-refractivity contribution in [2.24, 2.45) is 11.8 Å². The van der Waals surface area contributed by atoms with Crippen molar-refractivity contribution >= 4 is 21.6 Å². The van der Waals surface area contributed by atoms with Gasteiger partial charge in [-0.2, -0.15) is 0 Å². The number of fused-ring (bicyclic) bond motifs is 1. The first-order valence-corrected chi connectivity index (χ1v) is 7.28. The second-order valence-corrected chi connectivity index (χ2v) is 6.36. The van der Waals surface area contributed by atoms with Crippen LogP contribution in [0.3, 0.4) is 0 Å². The van der Waals surface area contributed by atoms with Crippen molar-refractivity contribution in [2.45, 2.75) is 25.8 Å². The van der Waals surface area contributed by atoms with Crippen molar-refractivity contribution in [3.8, 4) is 0 Å². The van der Waals surface area contributed by atoms with E-state index in [1.807, 2.05) is 6.07 Å². The van der Waals surface area contributed by atoms with E-state index in [-0.39, 0.29) is 0 Å². The van der Waals surface area contributed by atoms with E-state index in [2.05, 4.69) is 33.0 Å². The molecule has 2 fully saturated rings. The number of nitrogen functional groups attached to an aromatic ring is 1. The first kappa shape index (κ1) is 11.5. The van der Waals surface area contributed by atoms with Crippen LogP contribution in [-0.2, 0) is 6.54 Å². The largest absolute Gasteiger partial charge is 0.398 e. The number of benzene rings is 1. The Kier molecular flexibility index (Phi) is 3.14. The fourth-order valence-corrected chi connectivity index (χ4v) is 3.81. The first-order valence-electron chi connectivity index (χ1n) is 6.48. The van der Waals surface area contributed by atoms with Gasteiger partial charge in [-0.15, -0.1) is 0 Å². The quantitative estimate of drug-likeness (QED) is 0.849. The van der Waals surface area contributed by atoms with Gasteiger partial charge < -0.3 is 5.73 Å². The van der Waals surface area contributed by atoms with Crippen LogP contribution in [0.4, 0.5) is 5.69 Å². The lowest BCUT2D eigenvalue weighted by atomic mass is 10.0. The van der Waals surface area contributed by atoms with Gasteiger partial charge >= 0.3 is 0 Å². The Hall–Kier alpha value is -0.540. The molecule has 1 heterocycles. The number of rotatable bonds is 2. The van der Waals surface area contributed by atoms with Crippen LogP contribution in [0.1, 0.15) is 24.8 Å². The van der Waals surface area contributed by atoms with Crippen molar-refractivity contribution in [2.75, 3.05) is 18.8 Å². The summed E-state index contributed by atoms with van der Waals surface area (Å²) >= 11 is 3.50. The molecule has 2 N–H and O–H groups in total. The highest BCUT2D eigenvalue weighted by molar-refractivity contribution is 9.10. The molecule has 1 saturated carbocycles. The number of hydrogen-bond acceptors (Lipinski definition) is 2. The number of halogens is 1. The summed E-state index contributed by atoms with van der Waals surface area (Å²) in [5, 5.41) is 0. The molecular formula is C14H19BrN2. The van der Waals surface area contributed by atoms with Gasteiger partial charge in [-0.3, -0.25) is 4.90 Å². The van der Waals surface area contributed by atoms with E-state index >= 15 is 0 Å². The Morgan fingerprint density at radius 2 is 1.94 bits per heavy atom. The van der Waals surface area contributed by atoms with Gasteiger partial charge in [-0.05, 0) is 58.3 Å². The second-order valence-electron chi connectivity index (χ2n) is 5.50. The lowest BCUT2D eigenvalue weighted by molar-refractivity contribution is 0.303. The van der Waals surface area contributed by atoms with Gasteiger partial charge in [0.25, 0.3) is 0 Å². The maximum Gasteiger partial charge on any atom is 0.0458 e. The number of anilines is 1. The zero-order valence-electron chi connectivity index (χ0n) is 10.0. The van der Waals surface area contributed by atoms with Crippen LogP contribution in [0.15, 0.2) is 22.7 Å². The first-order chi connectivity index (χ1) is 8.22. The van der Waals surface area contributed by atoms with Crippen molar-refractivity contribution < 1.29 is 0 Å². The molecule has 92 valence electrons. The summed E-state index contributed by atoms with van der Waals surface area (Å²) in [7, 11) is 0. The third kappa shape index (κ3) is 2.36. The molecular weight excluding hydrogens is 276 g/mol. The topological polar surface area (TPSA) is 29.3 Å². The predicted octanol–water partition coefficient (Wildman–Crippen LogP) is 3.26. The van der Waals surface area contributed by atoms with Crippen LogP contribution in [0.5, 0.6) is 0 Å². The highest BCUT2D eigenvalue weighted by Crippen LogP contribution is 2.38. The van der Waals surface area contributed by atoms with Crippen LogP contribution < -0.4 is 5.73 Å². The normalized spacial score (nSPS) is 28.5. The van der Waals surface area contributed by atoms with Gasteiger partial charge in [-0.1, -0.05) is 12.5 Å². The Morgan fingerprint density at radius 1 is 1.24 bits per heavy atom. The van der Waals surface area contributed by atoms with Gasteiger partial charge in [0, 0.05) is 29.8 Å². The van der Waals surface area contributed by atoms with E-state index in [4.69, 9.17) is 5.73 Å². The number of hydrogen-bond donors (Lipinski definition) is 1. The zero-order chi connectivity index (χ0) is 11.8. The minimum atomic E-state index is 0.826. The average molecular weight is 295 g/mol. The van der Waals surface area contributed by atoms with Gasteiger partial charge in [0.1, 0.15) is 0 Å². The van der Waals surface area contributed by atoms with E-state index < -0.39 is 0 Å². The van der Waals surface area contributed by atoms with Crippen molar-refractivity contribution in [1.82, 2.24) is 4.90 Å². The monoisotopic (exact) mass is 294 g/mol. The maximum atomic E-state index is 5.81. The minimum Gasteiger partial charge on any atom is -0.398 e. The van der Waals surface area contributed by atoms with Crippen LogP contribution in [-0.4, -0.2) is 18.0 Å². The van der Waals surface area contributed by atoms with Crippen molar-refractivity contribution in [1.29, 1.82) is 0 Å². The Labute approximate surface area is 111 Å². The maximum absolute atomic E-state index is 5.81. The number of nitrogens with two attached hydrogens (primary N) is 1. The molecule has 0 amide bonds. The van der Waals surface area contributed by atoms with Crippen LogP contribution in [0, 0.1) is 11.8 Å². The number of likely N-dealkylation sites (tertiary alicyclic amines) is 1. The van der Waals surface area contributed by atoms with Crippen LogP contribution >= 0.6 is 15.9 Å². The minimum absolute atomic E-state index is 0.826. The molecule has 0 spiro atoms. The summed E-state index contributed by atoms with van der Waals surface area (Å²) in [6, 6.07) is 6.30. The third-order valence-electron chi connectivity index (χ3n) is 4.27. The van der Waals surface area contributed by atoms with E-state index in [0.29, 0.717) is 0 Å². The summed E-state index contributed by atoms with van der Waals surface area (Å²) < 4.78 is 1.02. The molecule has 1 aromatic rings. The SMILES string of the molecule is Nc1ccc(CN2CC3CCCC3C2)cc1Br. The molecule has 1 aliphatic heterocycles. The summed E-state index contributed by atoms with van der Waals surface area (Å²) in [4.78, 5) is 2.60. The molecule has 2 atom stereocenters. The second kappa shape index (κ2) is 4.62. The standard InChI is InChI=1S/C14H19BrN2/c15-13-6-10(4-5-14(13)16)7-17-8-11-2-1-3-12(11)9-17/h4-6,11-12H,1-3,7-9,16H2. The molecule has 2 nitrogen and oxygen atoms in total. The van der Waals surface area contributed by atoms with Gasteiger partial charge in [-0.25, -0.2) is 0 Å². The fourth-order valence-electron chi connectivity index (χ4n) is 3.39. The molecule has 0 bridgehead atoms. The molecule has 3 rings (SSSR count). The third-order valence-corrected chi connectivity index (χ3v) is 4.96. The molecule has 17 heavy (non-hydrogen) atoms. The molecule has 1 saturated heterocycles. The average Bonchev–Trinajstić information content (AvgIpc) is 2.84. The Bertz CT molecular complexity index is 407. The van der Waals surface area contributed by atoms with E-state index in [9.17, 15) is 0 Å². The van der Waals surface area contributed by atoms with E-state index in [1.54, 1.807) is 0 Å². The van der Waals surface area contributed by atoms with Crippen LogP contribution in [0.25, 0.3) is 0 Å². The van der Waals surface area contributed by atoms with E-state index in [0.717, 1.165) is 28.5 Å². The number of nitrogens with zero attached hydrogens (tertiary/aromatic N) is 1.